The van der Waals surface area contributed by atoms with E-state index in [0.717, 1.165) is 0 Å². The Morgan fingerprint density at radius 2 is 1.90 bits per heavy atom. The van der Waals surface area contributed by atoms with Crippen molar-refractivity contribution in [3.8, 4) is 11.5 Å². The Morgan fingerprint density at radius 1 is 1.33 bits per heavy atom. The van der Waals surface area contributed by atoms with Crippen LogP contribution in [-0.2, 0) is 11.2 Å². The molecule has 116 valence electrons. The van der Waals surface area contributed by atoms with E-state index < -0.39 is 43.4 Å². The standard InChI is InChI=1S/C12H14AtFN2O5/c1-20-9-4-3-5(12(18)19)13(16)7(4)6(11(15)17)10(21-2)8(9)14/h5H,3,16H2,1-2H3,(H2,15,17)(H,18,19). The van der Waals surface area contributed by atoms with E-state index in [2.05, 4.69) is 0 Å². The molecule has 0 fully saturated rings. The normalized spacial score (nSPS) is 18.3. The average Bonchev–Trinajstić information content (AvgIpc) is 2.75. The van der Waals surface area contributed by atoms with Crippen LogP contribution in [0.15, 0.2) is 0 Å². The zero-order valence-corrected chi connectivity index (χ0v) is 14.2. The van der Waals surface area contributed by atoms with Crippen LogP contribution in [0.1, 0.15) is 15.9 Å². The number of rotatable bonds is 4. The SMILES string of the molecule is COc1c(F)c(OC)c(C(N)=O)c2c1CC(C(=O)O)[At]2N. The first-order valence-corrected chi connectivity index (χ1v) is 10.6. The number of primary amides is 1. The Morgan fingerprint density at radius 3 is 2.33 bits per heavy atom. The van der Waals surface area contributed by atoms with Crippen molar-refractivity contribution in [3.05, 3.63) is 16.9 Å². The molecule has 0 aliphatic carbocycles. The molecule has 1 aliphatic heterocycles. The Balaban J connectivity index is 2.82. The van der Waals surface area contributed by atoms with Crippen LogP contribution in [0.3, 0.4) is 0 Å². The van der Waals surface area contributed by atoms with Gasteiger partial charge in [0, 0.05) is 0 Å². The van der Waals surface area contributed by atoms with Crippen molar-refractivity contribution in [2.24, 2.45) is 9.41 Å². The molecule has 0 radical (unpaired) electrons. The monoisotopic (exact) mass is 495 g/mol. The quantitative estimate of drug-likeness (QED) is 0.517. The summed E-state index contributed by atoms with van der Waals surface area (Å²) in [5.74, 6) is -3.29. The third kappa shape index (κ3) is 2.34. The molecule has 1 aromatic rings. The first kappa shape index (κ1) is 15.9. The van der Waals surface area contributed by atoms with Crippen molar-refractivity contribution in [2.45, 2.75) is 10.0 Å². The third-order valence-corrected chi connectivity index (χ3v) is 10.0. The van der Waals surface area contributed by atoms with E-state index in [4.69, 9.17) is 18.9 Å². The van der Waals surface area contributed by atoms with Crippen LogP contribution in [0.2, 0.25) is 3.63 Å². The van der Waals surface area contributed by atoms with E-state index in [9.17, 15) is 19.1 Å². The van der Waals surface area contributed by atoms with Gasteiger partial charge in [-0.1, -0.05) is 0 Å². The van der Waals surface area contributed by atoms with Crippen LogP contribution < -0.4 is 22.2 Å². The number of nitrogens with two attached hydrogens (primary N) is 2. The minimum absolute atomic E-state index is 0.0369. The van der Waals surface area contributed by atoms with Crippen molar-refractivity contribution >= 4 is 15.1 Å². The van der Waals surface area contributed by atoms with Gasteiger partial charge in [-0.3, -0.25) is 0 Å². The molecule has 5 N–H and O–H groups in total. The predicted octanol–water partition coefficient (Wildman–Crippen LogP) is -0.509. The van der Waals surface area contributed by atoms with Crippen molar-refractivity contribution in [1.29, 1.82) is 0 Å². The van der Waals surface area contributed by atoms with Crippen LogP contribution >= 0.6 is 0 Å². The molecule has 1 atom stereocenters. The molecule has 7 nitrogen and oxygen atoms in total. The van der Waals surface area contributed by atoms with E-state index in [1.165, 1.54) is 14.2 Å². The number of halogens is 1. The molecule has 21 heavy (non-hydrogen) atoms. The average molecular weight is 495 g/mol. The second-order valence-electron chi connectivity index (χ2n) is 4.27. The summed E-state index contributed by atoms with van der Waals surface area (Å²) in [5.41, 5.74) is 5.48. The number of hydrogen-bond acceptors (Lipinski definition) is 5. The van der Waals surface area contributed by atoms with Crippen LogP contribution in [-0.4, -0.2) is 31.2 Å². The summed E-state index contributed by atoms with van der Waals surface area (Å²) in [6.45, 7) is 0. The number of carboxylic acid groups (broad SMARTS) is 1. The zero-order valence-electron chi connectivity index (χ0n) is 11.3. The number of carboxylic acids is 1. The summed E-state index contributed by atoms with van der Waals surface area (Å²) in [7, 11) is 2.45. The number of fused-ring (bicyclic) bond motifs is 1. The van der Waals surface area contributed by atoms with Gasteiger partial charge in [-0.25, -0.2) is 0 Å². The molecule has 0 spiro atoms. The molecule has 0 aromatic heterocycles. The van der Waals surface area contributed by atoms with E-state index >= 15 is 0 Å². The third-order valence-electron chi connectivity index (χ3n) is 3.19. The van der Waals surface area contributed by atoms with Crippen LogP contribution in [0, 0.1) is 27.9 Å². The Hall–Kier alpha value is -1.47. The second-order valence-corrected chi connectivity index (χ2v) is 10.5. The van der Waals surface area contributed by atoms with E-state index in [-0.39, 0.29) is 23.5 Å². The molecular weight excluding hydrogens is 481 g/mol. The van der Waals surface area contributed by atoms with Crippen LogP contribution in [0.25, 0.3) is 0 Å². The van der Waals surface area contributed by atoms with Gasteiger partial charge in [0.1, 0.15) is 0 Å². The van der Waals surface area contributed by atoms with E-state index in [1.54, 1.807) is 0 Å². The molecule has 0 saturated heterocycles. The van der Waals surface area contributed by atoms with Gasteiger partial charge in [0.25, 0.3) is 0 Å². The van der Waals surface area contributed by atoms with Gasteiger partial charge < -0.3 is 0 Å². The first-order valence-electron chi connectivity index (χ1n) is 5.76. The fourth-order valence-corrected chi connectivity index (χ4v) is 8.58. The van der Waals surface area contributed by atoms with Gasteiger partial charge in [-0.05, 0) is 0 Å². The molecule has 1 aromatic carbocycles. The Kier molecular flexibility index (Phi) is 4.34. The fraction of sp³-hybridized carbons (Fsp3) is 0.333. The van der Waals surface area contributed by atoms with Crippen molar-refractivity contribution < 1.29 is 50.6 Å². The number of benzene rings is 1. The van der Waals surface area contributed by atoms with Crippen LogP contribution in [0.4, 0.5) is 4.39 Å². The predicted molar refractivity (Wildman–Crippen MR) is 66.9 cm³/mol. The van der Waals surface area contributed by atoms with Gasteiger partial charge in [0.2, 0.25) is 0 Å². The topological polar surface area (TPSA) is 125 Å². The molecular formula is C12H14AtFN2O5. The summed E-state index contributed by atoms with van der Waals surface area (Å²) in [6.07, 6.45) is 0.0369. The summed E-state index contributed by atoms with van der Waals surface area (Å²) in [5, 5.41) is 9.23. The van der Waals surface area contributed by atoms with Gasteiger partial charge in [0.05, 0.1) is 0 Å². The van der Waals surface area contributed by atoms with Crippen molar-refractivity contribution in [1.82, 2.24) is 0 Å². The fourth-order valence-electron chi connectivity index (χ4n) is 2.33. The maximum absolute atomic E-state index is 14.4. The Bertz CT molecular complexity index is 637. The van der Waals surface area contributed by atoms with Gasteiger partial charge in [-0.2, -0.15) is 0 Å². The summed E-state index contributed by atoms with van der Waals surface area (Å²) in [6, 6.07) is 0. The number of aliphatic carboxylic acids is 1. The summed E-state index contributed by atoms with van der Waals surface area (Å²) >= 11 is -3.06. The number of carbonyl (C=O) groups is 2. The summed E-state index contributed by atoms with van der Waals surface area (Å²) < 4.78 is 30.0. The van der Waals surface area contributed by atoms with Gasteiger partial charge >= 0.3 is 128 Å². The second kappa shape index (κ2) is 5.73. The number of ether oxygens (including phenoxy) is 2. The number of carbonyl (C=O) groups excluding carboxylic acids is 1. The first-order chi connectivity index (χ1) is 9.84. The molecule has 1 unspecified atom stereocenters. The van der Waals surface area contributed by atoms with E-state index in [1.807, 2.05) is 0 Å². The Labute approximate surface area is 128 Å². The molecule has 2 rings (SSSR count). The summed E-state index contributed by atoms with van der Waals surface area (Å²) in [4.78, 5) is 23.0. The maximum atomic E-state index is 14.4. The van der Waals surface area contributed by atoms with Gasteiger partial charge in [0.15, 0.2) is 0 Å². The molecule has 0 saturated carbocycles. The molecule has 1 amide bonds. The van der Waals surface area contributed by atoms with Gasteiger partial charge in [-0.15, -0.1) is 0 Å². The van der Waals surface area contributed by atoms with Crippen LogP contribution in [0.5, 0.6) is 11.5 Å². The molecule has 1 heterocycles. The number of amides is 1. The van der Waals surface area contributed by atoms with Crippen molar-refractivity contribution in [2.75, 3.05) is 14.2 Å². The van der Waals surface area contributed by atoms with E-state index in [0.29, 0.717) is 8.83 Å². The minimum atomic E-state index is -3.06. The molecule has 1 aliphatic rings. The molecule has 9 heteroatoms. The molecule has 0 bridgehead atoms. The number of methoxy groups -OCH3 is 2. The number of hydrogen-bond donors (Lipinski definition) is 3. The zero-order chi connectivity index (χ0) is 15.9. The van der Waals surface area contributed by atoms with Crippen molar-refractivity contribution in [3.63, 3.8) is 0 Å².